The highest BCUT2D eigenvalue weighted by molar-refractivity contribution is 9.10. The number of anilines is 1. The summed E-state index contributed by atoms with van der Waals surface area (Å²) < 4.78 is 0.844. The molecule has 0 atom stereocenters. The first-order chi connectivity index (χ1) is 9.61. The minimum absolute atomic E-state index is 0.384. The van der Waals surface area contributed by atoms with Crippen molar-refractivity contribution in [2.75, 3.05) is 4.90 Å². The van der Waals surface area contributed by atoms with Crippen molar-refractivity contribution >= 4 is 21.6 Å². The van der Waals surface area contributed by atoms with E-state index in [1.807, 2.05) is 24.3 Å². The van der Waals surface area contributed by atoms with Gasteiger partial charge >= 0.3 is 0 Å². The van der Waals surface area contributed by atoms with Gasteiger partial charge in [-0.15, -0.1) is 0 Å². The van der Waals surface area contributed by atoms with Crippen molar-refractivity contribution in [1.82, 2.24) is 0 Å². The lowest BCUT2D eigenvalue weighted by Gasteiger charge is -2.29. The molecule has 20 heavy (non-hydrogen) atoms. The van der Waals surface area contributed by atoms with Gasteiger partial charge in [-0.25, -0.2) is 0 Å². The second-order valence-corrected chi connectivity index (χ2v) is 5.84. The van der Waals surface area contributed by atoms with E-state index in [0.717, 1.165) is 16.7 Å². The van der Waals surface area contributed by atoms with Crippen LogP contribution < -0.4 is 4.90 Å². The molecule has 102 valence electrons. The number of rotatable bonds is 4. The maximum Gasteiger partial charge on any atom is 0.100 e. The van der Waals surface area contributed by atoms with Gasteiger partial charge in [-0.1, -0.05) is 30.3 Å². The number of hydrogen-bond donors (Lipinski definition) is 0. The molecule has 0 saturated carbocycles. The number of halogens is 1. The summed E-state index contributed by atoms with van der Waals surface area (Å²) in [6, 6.07) is 18.9. The predicted octanol–water partition coefficient (Wildman–Crippen LogP) is 4.74. The third kappa shape index (κ3) is 3.40. The SMILES string of the molecule is CC(C)N(Cc1ccccc1)c1ccc(C#N)c(Br)c1. The van der Waals surface area contributed by atoms with Crippen LogP contribution in [0.3, 0.4) is 0 Å². The largest absolute Gasteiger partial charge is 0.365 e. The number of nitriles is 1. The van der Waals surface area contributed by atoms with E-state index in [4.69, 9.17) is 5.26 Å². The third-order valence-corrected chi connectivity index (χ3v) is 3.88. The Morgan fingerprint density at radius 2 is 1.85 bits per heavy atom. The summed E-state index contributed by atoms with van der Waals surface area (Å²) in [5.41, 5.74) is 3.06. The van der Waals surface area contributed by atoms with Gasteiger partial charge in [0.05, 0.1) is 5.56 Å². The zero-order valence-electron chi connectivity index (χ0n) is 11.7. The van der Waals surface area contributed by atoms with Crippen molar-refractivity contribution in [3.63, 3.8) is 0 Å². The average Bonchev–Trinajstić information content (AvgIpc) is 2.45. The minimum Gasteiger partial charge on any atom is -0.365 e. The molecule has 2 aromatic carbocycles. The maximum absolute atomic E-state index is 9.00. The van der Waals surface area contributed by atoms with Crippen LogP contribution in [0.2, 0.25) is 0 Å². The normalized spacial score (nSPS) is 10.3. The summed E-state index contributed by atoms with van der Waals surface area (Å²) in [7, 11) is 0. The molecule has 0 heterocycles. The summed E-state index contributed by atoms with van der Waals surface area (Å²) in [4.78, 5) is 2.32. The van der Waals surface area contributed by atoms with Gasteiger partial charge in [-0.2, -0.15) is 5.26 Å². The molecule has 0 N–H and O–H groups in total. The number of benzene rings is 2. The first-order valence-electron chi connectivity index (χ1n) is 6.62. The number of hydrogen-bond acceptors (Lipinski definition) is 2. The second kappa shape index (κ2) is 6.58. The van der Waals surface area contributed by atoms with Crippen molar-refractivity contribution in [2.45, 2.75) is 26.4 Å². The highest BCUT2D eigenvalue weighted by Crippen LogP contribution is 2.26. The van der Waals surface area contributed by atoms with E-state index in [2.05, 4.69) is 65.0 Å². The van der Waals surface area contributed by atoms with Crippen LogP contribution in [0.1, 0.15) is 25.0 Å². The minimum atomic E-state index is 0.384. The van der Waals surface area contributed by atoms with E-state index in [-0.39, 0.29) is 0 Å². The Labute approximate surface area is 128 Å². The van der Waals surface area contributed by atoms with Gasteiger partial charge < -0.3 is 4.90 Å². The zero-order chi connectivity index (χ0) is 14.5. The fourth-order valence-corrected chi connectivity index (χ4v) is 2.58. The van der Waals surface area contributed by atoms with Crippen molar-refractivity contribution in [3.05, 3.63) is 64.1 Å². The molecular formula is C17H17BrN2. The van der Waals surface area contributed by atoms with E-state index in [0.29, 0.717) is 11.6 Å². The van der Waals surface area contributed by atoms with Gasteiger partial charge in [0.1, 0.15) is 6.07 Å². The molecule has 0 bridgehead atoms. The molecule has 0 fully saturated rings. The predicted molar refractivity (Wildman–Crippen MR) is 86.6 cm³/mol. The number of nitrogens with zero attached hydrogens (tertiary/aromatic N) is 2. The van der Waals surface area contributed by atoms with Gasteiger partial charge in [0.25, 0.3) is 0 Å². The molecule has 3 heteroatoms. The summed E-state index contributed by atoms with van der Waals surface area (Å²) in [5.74, 6) is 0. The Morgan fingerprint density at radius 3 is 2.40 bits per heavy atom. The average molecular weight is 329 g/mol. The molecule has 2 rings (SSSR count). The molecule has 0 amide bonds. The van der Waals surface area contributed by atoms with Crippen molar-refractivity contribution in [1.29, 1.82) is 5.26 Å². The van der Waals surface area contributed by atoms with Gasteiger partial charge in [-0.3, -0.25) is 0 Å². The zero-order valence-corrected chi connectivity index (χ0v) is 13.3. The monoisotopic (exact) mass is 328 g/mol. The summed E-state index contributed by atoms with van der Waals surface area (Å²) in [5, 5.41) is 9.00. The van der Waals surface area contributed by atoms with Crippen LogP contribution in [0.25, 0.3) is 0 Å². The van der Waals surface area contributed by atoms with Gasteiger partial charge in [0.15, 0.2) is 0 Å². The van der Waals surface area contributed by atoms with E-state index in [1.165, 1.54) is 5.56 Å². The van der Waals surface area contributed by atoms with Crippen LogP contribution in [-0.2, 0) is 6.54 Å². The summed E-state index contributed by atoms with van der Waals surface area (Å²) in [6.45, 7) is 5.21. The van der Waals surface area contributed by atoms with E-state index < -0.39 is 0 Å². The lowest BCUT2D eigenvalue weighted by molar-refractivity contribution is 0.682. The first kappa shape index (κ1) is 14.6. The molecule has 2 nitrogen and oxygen atoms in total. The Balaban J connectivity index is 2.30. The van der Waals surface area contributed by atoms with E-state index in [9.17, 15) is 0 Å². The van der Waals surface area contributed by atoms with Crippen LogP contribution in [0.15, 0.2) is 53.0 Å². The molecular weight excluding hydrogens is 312 g/mol. The highest BCUT2D eigenvalue weighted by Gasteiger charge is 2.12. The Morgan fingerprint density at radius 1 is 1.15 bits per heavy atom. The summed E-state index contributed by atoms with van der Waals surface area (Å²) in [6.07, 6.45) is 0. The first-order valence-corrected chi connectivity index (χ1v) is 7.41. The lowest BCUT2D eigenvalue weighted by atomic mass is 10.1. The molecule has 0 saturated heterocycles. The van der Waals surface area contributed by atoms with Crippen LogP contribution in [0, 0.1) is 11.3 Å². The third-order valence-electron chi connectivity index (χ3n) is 3.22. The lowest BCUT2D eigenvalue weighted by Crippen LogP contribution is -2.30. The molecule has 0 spiro atoms. The van der Waals surface area contributed by atoms with Crippen LogP contribution in [0.4, 0.5) is 5.69 Å². The van der Waals surface area contributed by atoms with Gasteiger partial charge in [0.2, 0.25) is 0 Å². The summed E-state index contributed by atoms with van der Waals surface area (Å²) >= 11 is 3.46. The van der Waals surface area contributed by atoms with Crippen molar-refractivity contribution in [3.8, 4) is 6.07 Å². The molecule has 0 aliphatic heterocycles. The van der Waals surface area contributed by atoms with Crippen LogP contribution in [0.5, 0.6) is 0 Å². The van der Waals surface area contributed by atoms with Crippen molar-refractivity contribution < 1.29 is 0 Å². The Hall–Kier alpha value is -1.79. The smallest absolute Gasteiger partial charge is 0.100 e. The quantitative estimate of drug-likeness (QED) is 0.810. The fraction of sp³-hybridized carbons (Fsp3) is 0.235. The Kier molecular flexibility index (Phi) is 4.81. The molecule has 0 unspecified atom stereocenters. The fourth-order valence-electron chi connectivity index (χ4n) is 2.13. The molecule has 2 aromatic rings. The van der Waals surface area contributed by atoms with Gasteiger partial charge in [-0.05, 0) is 53.5 Å². The molecule has 0 radical (unpaired) electrons. The topological polar surface area (TPSA) is 27.0 Å². The van der Waals surface area contributed by atoms with Crippen LogP contribution in [-0.4, -0.2) is 6.04 Å². The highest BCUT2D eigenvalue weighted by atomic mass is 79.9. The van der Waals surface area contributed by atoms with Crippen molar-refractivity contribution in [2.24, 2.45) is 0 Å². The molecule has 0 aliphatic carbocycles. The molecule has 0 aromatic heterocycles. The van der Waals surface area contributed by atoms with E-state index >= 15 is 0 Å². The van der Waals surface area contributed by atoms with Gasteiger partial charge in [0, 0.05) is 22.7 Å². The van der Waals surface area contributed by atoms with E-state index in [1.54, 1.807) is 0 Å². The standard InChI is InChI=1S/C17H17BrN2/c1-13(2)20(12-14-6-4-3-5-7-14)16-9-8-15(11-19)17(18)10-16/h3-10,13H,12H2,1-2H3. The second-order valence-electron chi connectivity index (χ2n) is 4.98. The maximum atomic E-state index is 9.00. The van der Waals surface area contributed by atoms with Crippen LogP contribution >= 0.6 is 15.9 Å². The molecule has 0 aliphatic rings. The Bertz CT molecular complexity index is 615.